The predicted molar refractivity (Wildman–Crippen MR) is 83.2 cm³/mol. The van der Waals surface area contributed by atoms with Crippen LogP contribution in [0.2, 0.25) is 0 Å². The molecule has 1 saturated carbocycles. The molecule has 116 valence electrons. The molecule has 0 spiro atoms. The molecule has 2 N–H and O–H groups in total. The number of hydrogen-bond donors (Lipinski definition) is 2. The van der Waals surface area contributed by atoms with Gasteiger partial charge < -0.3 is 10.6 Å². The van der Waals surface area contributed by atoms with Crippen molar-refractivity contribution >= 4 is 18.3 Å². The smallest absolute Gasteiger partial charge is 0.237 e. The molecule has 2 aliphatic rings. The van der Waals surface area contributed by atoms with E-state index in [0.717, 1.165) is 17.9 Å². The fraction of sp³-hybridized carbons (Fsp3) is 0.667. The standard InChI is InChI=1S/C15H22N4O.ClH/c1-10-16-7-6-12(18-10)9-17-15(20)14-8-11-4-2-3-5-13(11)19-14;/h6-7,11,13-14,19H,2-5,8-9H2,1H3,(H,17,20);1H. The number of amides is 1. The van der Waals surface area contributed by atoms with Crippen molar-refractivity contribution in [3.8, 4) is 0 Å². The van der Waals surface area contributed by atoms with E-state index in [0.29, 0.717) is 18.5 Å². The third-order valence-corrected chi connectivity index (χ3v) is 4.46. The summed E-state index contributed by atoms with van der Waals surface area (Å²) in [7, 11) is 0. The maximum atomic E-state index is 12.2. The Hall–Kier alpha value is -1.20. The van der Waals surface area contributed by atoms with E-state index in [2.05, 4.69) is 20.6 Å². The second kappa shape index (κ2) is 7.18. The van der Waals surface area contributed by atoms with Crippen LogP contribution in [0.3, 0.4) is 0 Å². The zero-order valence-corrected chi connectivity index (χ0v) is 13.2. The Morgan fingerprint density at radius 3 is 3.00 bits per heavy atom. The largest absolute Gasteiger partial charge is 0.349 e. The predicted octanol–water partition coefficient (Wildman–Crippen LogP) is 1.74. The van der Waals surface area contributed by atoms with E-state index in [1.54, 1.807) is 6.20 Å². The van der Waals surface area contributed by atoms with Crippen LogP contribution in [-0.4, -0.2) is 28.0 Å². The summed E-state index contributed by atoms with van der Waals surface area (Å²) in [5.41, 5.74) is 0.862. The highest BCUT2D eigenvalue weighted by Crippen LogP contribution is 2.33. The number of carbonyl (C=O) groups is 1. The molecule has 1 amide bonds. The highest BCUT2D eigenvalue weighted by molar-refractivity contribution is 5.85. The molecule has 21 heavy (non-hydrogen) atoms. The molecule has 5 nitrogen and oxygen atoms in total. The van der Waals surface area contributed by atoms with Crippen LogP contribution in [0, 0.1) is 12.8 Å². The van der Waals surface area contributed by atoms with Crippen molar-refractivity contribution in [2.75, 3.05) is 0 Å². The van der Waals surface area contributed by atoms with Gasteiger partial charge in [0.05, 0.1) is 18.3 Å². The van der Waals surface area contributed by atoms with Crippen LogP contribution in [0.25, 0.3) is 0 Å². The summed E-state index contributed by atoms with van der Waals surface area (Å²) in [6, 6.07) is 2.38. The minimum Gasteiger partial charge on any atom is -0.349 e. The number of nitrogens with zero attached hydrogens (tertiary/aromatic N) is 2. The average molecular weight is 311 g/mol. The van der Waals surface area contributed by atoms with Crippen LogP contribution >= 0.6 is 12.4 Å². The maximum absolute atomic E-state index is 12.2. The van der Waals surface area contributed by atoms with Crippen molar-refractivity contribution in [2.24, 2.45) is 5.92 Å². The Kier molecular flexibility index (Phi) is 5.53. The van der Waals surface area contributed by atoms with E-state index in [1.807, 2.05) is 13.0 Å². The van der Waals surface area contributed by atoms with E-state index < -0.39 is 0 Å². The fourth-order valence-electron chi connectivity index (χ4n) is 3.43. The molecule has 1 aliphatic carbocycles. The monoisotopic (exact) mass is 310 g/mol. The van der Waals surface area contributed by atoms with Gasteiger partial charge in [-0.05, 0) is 38.2 Å². The minimum atomic E-state index is -0.0222. The summed E-state index contributed by atoms with van der Waals surface area (Å²) in [5, 5.41) is 6.48. The topological polar surface area (TPSA) is 66.9 Å². The molecule has 1 aliphatic heterocycles. The Morgan fingerprint density at radius 1 is 1.43 bits per heavy atom. The fourth-order valence-corrected chi connectivity index (χ4v) is 3.43. The zero-order chi connectivity index (χ0) is 13.9. The quantitative estimate of drug-likeness (QED) is 0.892. The number of carbonyl (C=O) groups excluding carboxylic acids is 1. The summed E-state index contributed by atoms with van der Waals surface area (Å²) in [5.74, 6) is 1.54. The molecular formula is C15H23ClN4O. The lowest BCUT2D eigenvalue weighted by molar-refractivity contribution is -0.123. The molecule has 0 bridgehead atoms. The first kappa shape index (κ1) is 16.2. The van der Waals surface area contributed by atoms with Crippen LogP contribution in [-0.2, 0) is 11.3 Å². The number of halogens is 1. The molecule has 6 heteroatoms. The molecule has 3 rings (SSSR count). The van der Waals surface area contributed by atoms with Gasteiger partial charge in [-0.25, -0.2) is 9.97 Å². The van der Waals surface area contributed by atoms with Gasteiger partial charge in [0, 0.05) is 12.2 Å². The second-order valence-corrected chi connectivity index (χ2v) is 5.92. The van der Waals surface area contributed by atoms with Gasteiger partial charge in [-0.15, -0.1) is 12.4 Å². The first-order chi connectivity index (χ1) is 9.72. The van der Waals surface area contributed by atoms with Crippen LogP contribution in [0.1, 0.15) is 43.6 Å². The highest BCUT2D eigenvalue weighted by atomic mass is 35.5. The second-order valence-electron chi connectivity index (χ2n) is 5.92. The van der Waals surface area contributed by atoms with Crippen LogP contribution in [0.5, 0.6) is 0 Å². The number of rotatable bonds is 3. The lowest BCUT2D eigenvalue weighted by Crippen LogP contribution is -2.43. The molecule has 1 saturated heterocycles. The molecular weight excluding hydrogens is 288 g/mol. The van der Waals surface area contributed by atoms with E-state index in [4.69, 9.17) is 0 Å². The number of aryl methyl sites for hydroxylation is 1. The third-order valence-electron chi connectivity index (χ3n) is 4.46. The van der Waals surface area contributed by atoms with Gasteiger partial charge in [-0.1, -0.05) is 12.8 Å². The Morgan fingerprint density at radius 2 is 2.24 bits per heavy atom. The lowest BCUT2D eigenvalue weighted by Gasteiger charge is -2.24. The molecule has 2 heterocycles. The molecule has 1 aromatic heterocycles. The van der Waals surface area contributed by atoms with E-state index >= 15 is 0 Å². The Labute approximate surface area is 131 Å². The Bertz CT molecular complexity index is 482. The van der Waals surface area contributed by atoms with Crippen molar-refractivity contribution in [3.05, 3.63) is 23.8 Å². The molecule has 2 fully saturated rings. The first-order valence-corrected chi connectivity index (χ1v) is 7.54. The highest BCUT2D eigenvalue weighted by Gasteiger charge is 2.37. The lowest BCUT2D eigenvalue weighted by atomic mass is 9.85. The van der Waals surface area contributed by atoms with Gasteiger partial charge in [0.2, 0.25) is 5.91 Å². The van der Waals surface area contributed by atoms with Crippen molar-refractivity contribution in [2.45, 2.75) is 57.7 Å². The first-order valence-electron chi connectivity index (χ1n) is 7.54. The SMILES string of the molecule is Cc1nccc(CNC(=O)C2CC3CCCCC3N2)n1.Cl. The van der Waals surface area contributed by atoms with Gasteiger partial charge in [-0.2, -0.15) is 0 Å². The summed E-state index contributed by atoms with van der Waals surface area (Å²) >= 11 is 0. The number of nitrogens with one attached hydrogen (secondary N) is 2. The van der Waals surface area contributed by atoms with Gasteiger partial charge in [-0.3, -0.25) is 4.79 Å². The van der Waals surface area contributed by atoms with Crippen LogP contribution in [0.4, 0.5) is 0 Å². The summed E-state index contributed by atoms with van der Waals surface area (Å²) in [4.78, 5) is 20.6. The van der Waals surface area contributed by atoms with Crippen molar-refractivity contribution in [1.82, 2.24) is 20.6 Å². The van der Waals surface area contributed by atoms with E-state index in [9.17, 15) is 4.79 Å². The number of hydrogen-bond acceptors (Lipinski definition) is 4. The molecule has 0 aromatic carbocycles. The van der Waals surface area contributed by atoms with Gasteiger partial charge in [0.1, 0.15) is 5.82 Å². The van der Waals surface area contributed by atoms with E-state index in [-0.39, 0.29) is 24.4 Å². The number of fused-ring (bicyclic) bond motifs is 1. The average Bonchev–Trinajstić information content (AvgIpc) is 2.89. The van der Waals surface area contributed by atoms with Gasteiger partial charge in [0.15, 0.2) is 0 Å². The van der Waals surface area contributed by atoms with E-state index in [1.165, 1.54) is 25.7 Å². The van der Waals surface area contributed by atoms with Crippen LogP contribution < -0.4 is 10.6 Å². The maximum Gasteiger partial charge on any atom is 0.237 e. The summed E-state index contributed by atoms with van der Waals surface area (Å²) in [6.45, 7) is 2.34. The molecule has 0 radical (unpaired) electrons. The molecule has 3 atom stereocenters. The minimum absolute atomic E-state index is 0. The number of aromatic nitrogens is 2. The van der Waals surface area contributed by atoms with Crippen LogP contribution in [0.15, 0.2) is 12.3 Å². The van der Waals surface area contributed by atoms with Gasteiger partial charge >= 0.3 is 0 Å². The van der Waals surface area contributed by atoms with Crippen molar-refractivity contribution in [3.63, 3.8) is 0 Å². The van der Waals surface area contributed by atoms with Crippen molar-refractivity contribution in [1.29, 1.82) is 0 Å². The Balaban J connectivity index is 0.00000161. The van der Waals surface area contributed by atoms with Gasteiger partial charge in [0.25, 0.3) is 0 Å². The normalized spacial score (nSPS) is 27.6. The zero-order valence-electron chi connectivity index (χ0n) is 12.3. The summed E-state index contributed by atoms with van der Waals surface area (Å²) in [6.07, 6.45) is 7.82. The van der Waals surface area contributed by atoms with Crippen molar-refractivity contribution < 1.29 is 4.79 Å². The third kappa shape index (κ3) is 3.92. The molecule has 3 unspecified atom stereocenters. The molecule has 1 aromatic rings. The summed E-state index contributed by atoms with van der Waals surface area (Å²) < 4.78 is 0.